The average molecular weight is 396 g/mol. The van der Waals surface area contributed by atoms with Crippen LogP contribution in [0.5, 0.6) is 0 Å². The summed E-state index contributed by atoms with van der Waals surface area (Å²) in [6, 6.07) is 15.8. The number of thioether (sulfide) groups is 1. The highest BCUT2D eigenvalue weighted by atomic mass is 32.2. The van der Waals surface area contributed by atoms with Crippen molar-refractivity contribution in [1.82, 2.24) is 15.3 Å². The van der Waals surface area contributed by atoms with Crippen LogP contribution in [0.2, 0.25) is 0 Å². The maximum Gasteiger partial charge on any atom is 0.230 e. The summed E-state index contributed by atoms with van der Waals surface area (Å²) in [4.78, 5) is 23.1. The van der Waals surface area contributed by atoms with E-state index >= 15 is 0 Å². The molecule has 0 saturated carbocycles. The molecule has 3 heterocycles. The number of benzene rings is 1. The first-order valence-corrected chi connectivity index (χ1v) is 10.3. The monoisotopic (exact) mass is 395 g/mol. The molecule has 0 spiro atoms. The Bertz CT molecular complexity index is 1050. The quantitative estimate of drug-likeness (QED) is 0.371. The van der Waals surface area contributed by atoms with Crippen LogP contribution in [-0.2, 0) is 4.79 Å². The number of rotatable bonds is 6. The number of carbonyl (C=O) groups excluding carboxylic acids is 1. The lowest BCUT2D eigenvalue weighted by atomic mass is 10.2. The zero-order chi connectivity index (χ0) is 18.6. The van der Waals surface area contributed by atoms with Crippen LogP contribution in [0.15, 0.2) is 70.6 Å². The molecule has 1 N–H and O–H groups in total. The van der Waals surface area contributed by atoms with E-state index in [9.17, 15) is 4.79 Å². The Kier molecular flexibility index (Phi) is 5.22. The van der Waals surface area contributed by atoms with Crippen LogP contribution >= 0.6 is 23.1 Å². The number of hydrogen-bond acceptors (Lipinski definition) is 6. The summed E-state index contributed by atoms with van der Waals surface area (Å²) < 4.78 is 5.32. The smallest absolute Gasteiger partial charge is 0.230 e. The number of hydrogen-bond donors (Lipinski definition) is 1. The largest absolute Gasteiger partial charge is 0.467 e. The van der Waals surface area contributed by atoms with Crippen molar-refractivity contribution in [1.29, 1.82) is 0 Å². The first-order chi connectivity index (χ1) is 13.2. The molecular formula is C20H17N3O2S2. The fraction of sp³-hybridized carbons (Fsp3) is 0.150. The van der Waals surface area contributed by atoms with Crippen LogP contribution in [0.25, 0.3) is 20.7 Å². The highest BCUT2D eigenvalue weighted by Gasteiger charge is 2.15. The van der Waals surface area contributed by atoms with Gasteiger partial charge in [0.15, 0.2) is 0 Å². The van der Waals surface area contributed by atoms with E-state index in [4.69, 9.17) is 4.42 Å². The Hall–Kier alpha value is -2.64. The Morgan fingerprint density at radius 2 is 2.07 bits per heavy atom. The van der Waals surface area contributed by atoms with E-state index in [0.29, 0.717) is 0 Å². The third-order valence-corrected chi connectivity index (χ3v) is 6.14. The van der Waals surface area contributed by atoms with Gasteiger partial charge in [0.1, 0.15) is 21.9 Å². The molecule has 1 aromatic carbocycles. The Morgan fingerprint density at radius 1 is 1.22 bits per heavy atom. The maximum atomic E-state index is 12.3. The van der Waals surface area contributed by atoms with Gasteiger partial charge in [-0.25, -0.2) is 9.97 Å². The van der Waals surface area contributed by atoms with Gasteiger partial charge in [-0.15, -0.1) is 11.3 Å². The second-order valence-electron chi connectivity index (χ2n) is 5.97. The fourth-order valence-corrected chi connectivity index (χ4v) is 4.57. The van der Waals surface area contributed by atoms with Crippen LogP contribution < -0.4 is 5.32 Å². The van der Waals surface area contributed by atoms with Crippen molar-refractivity contribution in [2.45, 2.75) is 18.0 Å². The van der Waals surface area contributed by atoms with Crippen molar-refractivity contribution < 1.29 is 9.21 Å². The number of thiophene rings is 1. The van der Waals surface area contributed by atoms with Gasteiger partial charge in [0, 0.05) is 10.3 Å². The Balaban J connectivity index is 1.47. The number of fused-ring (bicyclic) bond motifs is 1. The van der Waals surface area contributed by atoms with Gasteiger partial charge in [-0.3, -0.25) is 4.79 Å². The summed E-state index contributed by atoms with van der Waals surface area (Å²) in [5.74, 6) is 0.963. The minimum atomic E-state index is -0.163. The predicted molar refractivity (Wildman–Crippen MR) is 109 cm³/mol. The van der Waals surface area contributed by atoms with Crippen LogP contribution in [0.3, 0.4) is 0 Å². The van der Waals surface area contributed by atoms with Crippen molar-refractivity contribution in [3.63, 3.8) is 0 Å². The SMILES string of the molecule is C[C@H](NC(=O)CSc1ncnc2sc(-c3ccccc3)cc12)c1ccco1. The van der Waals surface area contributed by atoms with Gasteiger partial charge in [0.05, 0.1) is 18.1 Å². The summed E-state index contributed by atoms with van der Waals surface area (Å²) in [6.07, 6.45) is 3.16. The molecule has 0 saturated heterocycles. The normalized spacial score (nSPS) is 12.2. The summed E-state index contributed by atoms with van der Waals surface area (Å²) in [5.41, 5.74) is 1.15. The number of nitrogens with zero attached hydrogens (tertiary/aromatic N) is 2. The second kappa shape index (κ2) is 7.94. The highest BCUT2D eigenvalue weighted by molar-refractivity contribution is 8.00. The van der Waals surface area contributed by atoms with Crippen molar-refractivity contribution in [2.24, 2.45) is 0 Å². The van der Waals surface area contributed by atoms with Gasteiger partial charge in [-0.1, -0.05) is 42.1 Å². The fourth-order valence-electron chi connectivity index (χ4n) is 2.72. The average Bonchev–Trinajstić information content (AvgIpc) is 3.37. The first kappa shape index (κ1) is 17.8. The van der Waals surface area contributed by atoms with Gasteiger partial charge in [-0.2, -0.15) is 0 Å². The molecule has 5 nitrogen and oxygen atoms in total. The lowest BCUT2D eigenvalue weighted by Gasteiger charge is -2.11. The van der Waals surface area contributed by atoms with E-state index in [2.05, 4.69) is 33.5 Å². The summed E-state index contributed by atoms with van der Waals surface area (Å²) in [5, 5.41) is 4.74. The second-order valence-corrected chi connectivity index (χ2v) is 7.96. The number of furan rings is 1. The molecule has 0 fully saturated rings. The van der Waals surface area contributed by atoms with E-state index in [-0.39, 0.29) is 17.7 Å². The number of amides is 1. The van der Waals surface area contributed by atoms with Crippen LogP contribution in [0.4, 0.5) is 0 Å². The summed E-state index contributed by atoms with van der Waals surface area (Å²) in [7, 11) is 0. The zero-order valence-corrected chi connectivity index (χ0v) is 16.2. The van der Waals surface area contributed by atoms with Gasteiger partial charge < -0.3 is 9.73 Å². The molecule has 3 aromatic heterocycles. The molecule has 136 valence electrons. The van der Waals surface area contributed by atoms with Crippen molar-refractivity contribution in [3.05, 3.63) is 66.9 Å². The van der Waals surface area contributed by atoms with Crippen LogP contribution in [-0.4, -0.2) is 21.6 Å². The number of aromatic nitrogens is 2. The topological polar surface area (TPSA) is 68.0 Å². The number of nitrogens with one attached hydrogen (secondary N) is 1. The minimum Gasteiger partial charge on any atom is -0.467 e. The number of carbonyl (C=O) groups is 1. The summed E-state index contributed by atoms with van der Waals surface area (Å²) >= 11 is 3.05. The lowest BCUT2D eigenvalue weighted by molar-refractivity contribution is -0.119. The third kappa shape index (κ3) is 4.04. The molecule has 27 heavy (non-hydrogen) atoms. The predicted octanol–water partition coefficient (Wildman–Crippen LogP) is 4.92. The van der Waals surface area contributed by atoms with Gasteiger partial charge >= 0.3 is 0 Å². The highest BCUT2D eigenvalue weighted by Crippen LogP contribution is 2.36. The molecule has 0 unspecified atom stereocenters. The molecule has 7 heteroatoms. The standard InChI is InChI=1S/C20H17N3O2S2/c1-13(16-8-5-9-25-16)23-18(24)11-26-19-15-10-17(14-6-3-2-4-7-14)27-20(15)22-12-21-19/h2-10,12-13H,11H2,1H3,(H,23,24)/t13-/m0/s1. The lowest BCUT2D eigenvalue weighted by Crippen LogP contribution is -2.27. The van der Waals surface area contributed by atoms with Gasteiger partial charge in [-0.05, 0) is 30.7 Å². The molecule has 1 amide bonds. The molecule has 1 atom stereocenters. The molecule has 0 bridgehead atoms. The maximum absolute atomic E-state index is 12.3. The molecular weight excluding hydrogens is 378 g/mol. The van der Waals surface area contributed by atoms with Crippen LogP contribution in [0, 0.1) is 0 Å². The molecule has 0 aliphatic rings. The minimum absolute atomic E-state index is 0.0609. The zero-order valence-electron chi connectivity index (χ0n) is 14.6. The molecule has 0 aliphatic heterocycles. The van der Waals surface area contributed by atoms with Gasteiger partial charge in [0.25, 0.3) is 0 Å². The third-order valence-electron chi connectivity index (χ3n) is 4.04. The molecule has 0 aliphatic carbocycles. The first-order valence-electron chi connectivity index (χ1n) is 8.46. The van der Waals surface area contributed by atoms with E-state index in [1.165, 1.54) is 11.8 Å². The van der Waals surface area contributed by atoms with E-state index < -0.39 is 0 Å². The van der Waals surface area contributed by atoms with Crippen molar-refractivity contribution >= 4 is 39.2 Å². The van der Waals surface area contributed by atoms with E-state index in [1.807, 2.05) is 37.3 Å². The van der Waals surface area contributed by atoms with Crippen LogP contribution in [0.1, 0.15) is 18.7 Å². The molecule has 4 rings (SSSR count). The Labute approximate surface area is 164 Å². The van der Waals surface area contributed by atoms with Crippen molar-refractivity contribution in [2.75, 3.05) is 5.75 Å². The van der Waals surface area contributed by atoms with E-state index in [0.717, 1.165) is 31.4 Å². The molecule has 0 radical (unpaired) electrons. The summed E-state index contributed by atoms with van der Waals surface area (Å²) in [6.45, 7) is 1.90. The molecule has 4 aromatic rings. The Morgan fingerprint density at radius 3 is 2.85 bits per heavy atom. The van der Waals surface area contributed by atoms with E-state index in [1.54, 1.807) is 23.9 Å². The van der Waals surface area contributed by atoms with Gasteiger partial charge in [0.2, 0.25) is 5.91 Å². The van der Waals surface area contributed by atoms with Crippen molar-refractivity contribution in [3.8, 4) is 10.4 Å².